The fraction of sp³-hybridized carbons (Fsp3) is 0.154. The van der Waals surface area contributed by atoms with Crippen LogP contribution in [0.5, 0.6) is 0 Å². The molecular formula is C13H14Cl2N2. The first-order valence-electron chi connectivity index (χ1n) is 5.03. The molecule has 0 aliphatic heterocycles. The molecule has 1 aromatic carbocycles. The summed E-state index contributed by atoms with van der Waals surface area (Å²) in [5.41, 5.74) is 8.60. The van der Waals surface area contributed by atoms with Gasteiger partial charge < -0.3 is 5.73 Å². The molecule has 4 heteroatoms. The van der Waals surface area contributed by atoms with Gasteiger partial charge >= 0.3 is 0 Å². The number of nitrogens with zero attached hydrogens (tertiary/aromatic N) is 1. The minimum atomic E-state index is 0.562. The third-order valence-corrected chi connectivity index (χ3v) is 2.50. The Morgan fingerprint density at radius 1 is 1.24 bits per heavy atom. The molecular weight excluding hydrogens is 255 g/mol. The Labute approximate surface area is 111 Å². The summed E-state index contributed by atoms with van der Waals surface area (Å²) in [6.07, 6.45) is 1.50. The van der Waals surface area contributed by atoms with Crippen LogP contribution in [0.25, 0.3) is 0 Å². The second-order valence-electron chi connectivity index (χ2n) is 3.70. The number of benzene rings is 1. The topological polar surface area (TPSA) is 38.4 Å². The third-order valence-electron chi connectivity index (χ3n) is 2.06. The minimum absolute atomic E-state index is 0.562. The van der Waals surface area contributed by atoms with E-state index >= 15 is 0 Å². The Morgan fingerprint density at radius 3 is 2.18 bits per heavy atom. The van der Waals surface area contributed by atoms with E-state index in [2.05, 4.69) is 11.6 Å². The Morgan fingerprint density at radius 2 is 1.76 bits per heavy atom. The number of hydrogen-bond donors (Lipinski definition) is 1. The van der Waals surface area contributed by atoms with Gasteiger partial charge in [-0.15, -0.1) is 0 Å². The summed E-state index contributed by atoms with van der Waals surface area (Å²) in [6.45, 7) is 7.45. The lowest BCUT2D eigenvalue weighted by atomic mass is 10.0. The van der Waals surface area contributed by atoms with Gasteiger partial charge in [-0.2, -0.15) is 0 Å². The first-order chi connectivity index (χ1) is 7.93. The van der Waals surface area contributed by atoms with E-state index in [1.54, 1.807) is 18.2 Å². The molecule has 0 saturated heterocycles. The molecule has 0 amide bonds. The lowest BCUT2D eigenvalue weighted by Gasteiger charge is -2.08. The largest absolute Gasteiger partial charge is 0.404 e. The summed E-state index contributed by atoms with van der Waals surface area (Å²) >= 11 is 11.9. The molecule has 0 saturated carbocycles. The highest BCUT2D eigenvalue weighted by Crippen LogP contribution is 2.22. The van der Waals surface area contributed by atoms with Gasteiger partial charge in [0, 0.05) is 21.3 Å². The van der Waals surface area contributed by atoms with E-state index in [4.69, 9.17) is 28.9 Å². The molecule has 0 fully saturated rings. The summed E-state index contributed by atoms with van der Waals surface area (Å²) in [7, 11) is 0. The maximum absolute atomic E-state index is 5.97. The quantitative estimate of drug-likeness (QED) is 0.821. The van der Waals surface area contributed by atoms with Crippen LogP contribution >= 0.6 is 23.2 Å². The molecule has 1 rings (SSSR count). The molecule has 0 spiro atoms. The van der Waals surface area contributed by atoms with Crippen molar-refractivity contribution in [3.05, 3.63) is 57.9 Å². The molecule has 0 atom stereocenters. The van der Waals surface area contributed by atoms with Crippen LogP contribution in [0.2, 0.25) is 10.0 Å². The van der Waals surface area contributed by atoms with Gasteiger partial charge in [-0.1, -0.05) is 29.8 Å². The maximum Gasteiger partial charge on any atom is 0.0749 e. The molecule has 0 aliphatic carbocycles. The molecule has 0 aliphatic rings. The van der Waals surface area contributed by atoms with Gasteiger partial charge in [-0.3, -0.25) is 4.99 Å². The molecule has 0 radical (unpaired) electrons. The van der Waals surface area contributed by atoms with Crippen LogP contribution in [0.3, 0.4) is 0 Å². The van der Waals surface area contributed by atoms with Gasteiger partial charge in [-0.25, -0.2) is 0 Å². The fourth-order valence-corrected chi connectivity index (χ4v) is 1.87. The van der Waals surface area contributed by atoms with Crippen molar-refractivity contribution in [2.24, 2.45) is 10.7 Å². The van der Waals surface area contributed by atoms with Crippen molar-refractivity contribution in [2.75, 3.05) is 0 Å². The predicted octanol–water partition coefficient (Wildman–Crippen LogP) is 4.18. The van der Waals surface area contributed by atoms with Crippen molar-refractivity contribution in [1.29, 1.82) is 0 Å². The number of allylic oxidation sites excluding steroid dienone is 2. The summed E-state index contributed by atoms with van der Waals surface area (Å²) in [4.78, 5) is 4.36. The normalized spacial score (nSPS) is 12.7. The fourth-order valence-electron chi connectivity index (χ4n) is 1.34. The van der Waals surface area contributed by atoms with E-state index in [0.29, 0.717) is 15.7 Å². The SMILES string of the molecule is C=C(C)N=C(/C(C)=C\N)c1cc(Cl)cc(Cl)c1. The van der Waals surface area contributed by atoms with E-state index < -0.39 is 0 Å². The van der Waals surface area contributed by atoms with E-state index in [0.717, 1.165) is 16.8 Å². The van der Waals surface area contributed by atoms with Gasteiger partial charge in [0.2, 0.25) is 0 Å². The van der Waals surface area contributed by atoms with Crippen molar-refractivity contribution in [3.63, 3.8) is 0 Å². The number of rotatable bonds is 3. The number of nitrogens with two attached hydrogens (primary N) is 1. The van der Waals surface area contributed by atoms with Gasteiger partial charge in [0.1, 0.15) is 0 Å². The lowest BCUT2D eigenvalue weighted by Crippen LogP contribution is -2.05. The molecule has 0 bridgehead atoms. The van der Waals surface area contributed by atoms with Crippen molar-refractivity contribution >= 4 is 28.9 Å². The van der Waals surface area contributed by atoms with E-state index in [1.807, 2.05) is 13.8 Å². The van der Waals surface area contributed by atoms with E-state index in [1.165, 1.54) is 6.20 Å². The highest BCUT2D eigenvalue weighted by molar-refractivity contribution is 6.35. The summed E-state index contributed by atoms with van der Waals surface area (Å²) < 4.78 is 0. The molecule has 1 aromatic rings. The average molecular weight is 269 g/mol. The average Bonchev–Trinajstić information content (AvgIpc) is 2.23. The zero-order valence-corrected chi connectivity index (χ0v) is 11.3. The molecule has 90 valence electrons. The minimum Gasteiger partial charge on any atom is -0.404 e. The molecule has 0 unspecified atom stereocenters. The highest BCUT2D eigenvalue weighted by atomic mass is 35.5. The van der Waals surface area contributed by atoms with Crippen LogP contribution in [-0.4, -0.2) is 5.71 Å². The number of aliphatic imine (C=N–C) groups is 1. The summed E-state index contributed by atoms with van der Waals surface area (Å²) in [6, 6.07) is 5.26. The van der Waals surface area contributed by atoms with E-state index in [-0.39, 0.29) is 0 Å². The molecule has 17 heavy (non-hydrogen) atoms. The van der Waals surface area contributed by atoms with Crippen LogP contribution in [-0.2, 0) is 0 Å². The maximum atomic E-state index is 5.97. The standard InChI is InChI=1S/C13H14Cl2N2/c1-8(2)17-13(9(3)7-16)10-4-11(14)6-12(15)5-10/h4-7H,1,16H2,2-3H3/b9-7-,17-13?. The van der Waals surface area contributed by atoms with Crippen LogP contribution in [0, 0.1) is 0 Å². The van der Waals surface area contributed by atoms with Crippen molar-refractivity contribution < 1.29 is 0 Å². The first kappa shape index (κ1) is 13.8. The summed E-state index contributed by atoms with van der Waals surface area (Å²) in [5.74, 6) is 0. The number of hydrogen-bond acceptors (Lipinski definition) is 2. The Kier molecular flexibility index (Phi) is 4.79. The Balaban J connectivity index is 3.37. The van der Waals surface area contributed by atoms with Crippen LogP contribution in [0.4, 0.5) is 0 Å². The van der Waals surface area contributed by atoms with Crippen LogP contribution in [0.15, 0.2) is 47.2 Å². The number of halogens is 2. The second kappa shape index (κ2) is 5.89. The van der Waals surface area contributed by atoms with E-state index in [9.17, 15) is 0 Å². The smallest absolute Gasteiger partial charge is 0.0749 e. The predicted molar refractivity (Wildman–Crippen MR) is 75.8 cm³/mol. The molecule has 2 N–H and O–H groups in total. The highest BCUT2D eigenvalue weighted by Gasteiger charge is 2.08. The zero-order chi connectivity index (χ0) is 13.0. The zero-order valence-electron chi connectivity index (χ0n) is 9.80. The van der Waals surface area contributed by atoms with Crippen LogP contribution in [0.1, 0.15) is 19.4 Å². The van der Waals surface area contributed by atoms with Crippen molar-refractivity contribution in [1.82, 2.24) is 0 Å². The lowest BCUT2D eigenvalue weighted by molar-refractivity contribution is 1.30. The molecule has 2 nitrogen and oxygen atoms in total. The Bertz CT molecular complexity index is 482. The van der Waals surface area contributed by atoms with Gasteiger partial charge in [0.25, 0.3) is 0 Å². The third kappa shape index (κ3) is 3.91. The van der Waals surface area contributed by atoms with Crippen molar-refractivity contribution in [3.8, 4) is 0 Å². The van der Waals surface area contributed by atoms with Crippen molar-refractivity contribution in [2.45, 2.75) is 13.8 Å². The summed E-state index contributed by atoms with van der Waals surface area (Å²) in [5, 5.41) is 1.12. The van der Waals surface area contributed by atoms with Gasteiger partial charge in [0.05, 0.1) is 5.71 Å². The van der Waals surface area contributed by atoms with Crippen LogP contribution < -0.4 is 5.73 Å². The Hall–Kier alpha value is -1.25. The molecule has 0 heterocycles. The van der Waals surface area contributed by atoms with Gasteiger partial charge in [0.15, 0.2) is 0 Å². The van der Waals surface area contributed by atoms with Gasteiger partial charge in [-0.05, 0) is 43.8 Å². The molecule has 0 aromatic heterocycles. The first-order valence-corrected chi connectivity index (χ1v) is 5.79. The second-order valence-corrected chi connectivity index (χ2v) is 4.58. The monoisotopic (exact) mass is 268 g/mol.